The number of nitriles is 1. The van der Waals surface area contributed by atoms with E-state index in [0.717, 1.165) is 0 Å². The average molecular weight is 488 g/mol. The molecule has 35 heavy (non-hydrogen) atoms. The molecule has 0 radical (unpaired) electrons. The summed E-state index contributed by atoms with van der Waals surface area (Å²) in [5, 5.41) is 9.73. The van der Waals surface area contributed by atoms with Gasteiger partial charge in [-0.2, -0.15) is 5.26 Å². The molecule has 188 valence electrons. The Morgan fingerprint density at radius 2 is 1.60 bits per heavy atom. The molecule has 2 aromatic carbocycles. The molecule has 0 N–H and O–H groups in total. The maximum atomic E-state index is 11.9. The predicted octanol–water partition coefficient (Wildman–Crippen LogP) is 2.75. The van der Waals surface area contributed by atoms with Gasteiger partial charge in [0.05, 0.1) is 57.2 Å². The summed E-state index contributed by atoms with van der Waals surface area (Å²) < 4.78 is 36.8. The zero-order chi connectivity index (χ0) is 25.5. The minimum atomic E-state index is -0.477. The van der Waals surface area contributed by atoms with Gasteiger partial charge in [0.25, 0.3) is 0 Å². The van der Waals surface area contributed by atoms with Gasteiger partial charge in [0.15, 0.2) is 19.9 Å². The van der Waals surface area contributed by atoms with Gasteiger partial charge in [-0.3, -0.25) is 9.59 Å². The third kappa shape index (κ3) is 8.66. The first kappa shape index (κ1) is 27.8. The fourth-order valence-electron chi connectivity index (χ4n) is 3.05. The normalized spacial score (nSPS) is 10.5. The van der Waals surface area contributed by atoms with Crippen LogP contribution in [-0.4, -0.2) is 73.6 Å². The number of ether oxygens (including phenoxy) is 7. The van der Waals surface area contributed by atoms with E-state index in [1.54, 1.807) is 38.5 Å². The Morgan fingerprint density at radius 3 is 2.20 bits per heavy atom. The average Bonchev–Trinajstić information content (AvgIpc) is 2.88. The molecule has 0 aliphatic heterocycles. The molecule has 0 heterocycles. The van der Waals surface area contributed by atoms with E-state index >= 15 is 0 Å². The van der Waals surface area contributed by atoms with E-state index in [-0.39, 0.29) is 31.3 Å². The first-order chi connectivity index (χ1) is 17.1. The number of carbonyl (C=O) groups excluding carboxylic acids is 2. The Hall–Kier alpha value is -3.49. The van der Waals surface area contributed by atoms with Gasteiger partial charge < -0.3 is 33.2 Å². The molecule has 0 saturated carbocycles. The molecular weight excluding hydrogens is 458 g/mol. The maximum absolute atomic E-state index is 11.9. The van der Waals surface area contributed by atoms with E-state index in [4.69, 9.17) is 33.2 Å². The smallest absolute Gasteiger partial charge is 0.309 e. The number of hydrogen-bond donors (Lipinski definition) is 0. The van der Waals surface area contributed by atoms with Crippen LogP contribution in [0.1, 0.15) is 21.5 Å². The first-order valence-corrected chi connectivity index (χ1v) is 10.7. The van der Waals surface area contributed by atoms with Gasteiger partial charge in [-0.1, -0.05) is 0 Å². The number of hydrogen-bond acceptors (Lipinski definition) is 10. The van der Waals surface area contributed by atoms with Crippen molar-refractivity contribution in [3.8, 4) is 28.7 Å². The second-order valence-electron chi connectivity index (χ2n) is 7.08. The Balaban J connectivity index is 2.47. The standard InChI is InChI=1S/C25H29NO9/c1-29-6-8-32-16-34-21-5-4-19(14-26)22(13-21)23-11-18(12-24(28)31-3)10-20(15-27)25(23)35-17-33-9-7-30-2/h4-5,10-11,13,15H,6-9,12,16-17H2,1-3H3. The Morgan fingerprint density at radius 1 is 0.914 bits per heavy atom. The number of nitrogens with zero attached hydrogens (tertiary/aromatic N) is 1. The fourth-order valence-corrected chi connectivity index (χ4v) is 3.05. The second-order valence-corrected chi connectivity index (χ2v) is 7.08. The van der Waals surface area contributed by atoms with Crippen LogP contribution in [-0.2, 0) is 34.9 Å². The van der Waals surface area contributed by atoms with Crippen LogP contribution in [0, 0.1) is 11.3 Å². The van der Waals surface area contributed by atoms with Crippen LogP contribution in [0.3, 0.4) is 0 Å². The van der Waals surface area contributed by atoms with Gasteiger partial charge >= 0.3 is 5.97 Å². The van der Waals surface area contributed by atoms with Crippen molar-refractivity contribution in [3.63, 3.8) is 0 Å². The van der Waals surface area contributed by atoms with Crippen molar-refractivity contribution >= 4 is 12.3 Å². The van der Waals surface area contributed by atoms with Crippen LogP contribution in [0.2, 0.25) is 0 Å². The number of carbonyl (C=O) groups is 2. The van der Waals surface area contributed by atoms with Gasteiger partial charge in [0.2, 0.25) is 0 Å². The highest BCUT2D eigenvalue weighted by molar-refractivity contribution is 5.89. The molecule has 0 atom stereocenters. The molecule has 2 aromatic rings. The van der Waals surface area contributed by atoms with Crippen molar-refractivity contribution in [2.24, 2.45) is 0 Å². The minimum Gasteiger partial charge on any atom is -0.469 e. The van der Waals surface area contributed by atoms with Crippen molar-refractivity contribution in [1.82, 2.24) is 0 Å². The molecule has 2 rings (SSSR count). The topological polar surface area (TPSA) is 123 Å². The fraction of sp³-hybridized carbons (Fsp3) is 0.400. The summed E-state index contributed by atoms with van der Waals surface area (Å²) in [5.41, 5.74) is 1.89. The van der Waals surface area contributed by atoms with Crippen LogP contribution in [0.25, 0.3) is 11.1 Å². The summed E-state index contributed by atoms with van der Waals surface area (Å²) >= 11 is 0. The third-order valence-electron chi connectivity index (χ3n) is 4.74. The van der Waals surface area contributed by atoms with Crippen LogP contribution >= 0.6 is 0 Å². The van der Waals surface area contributed by atoms with E-state index < -0.39 is 5.97 Å². The Bertz CT molecular complexity index is 1020. The summed E-state index contributed by atoms with van der Waals surface area (Å²) in [5.74, 6) is 0.163. The number of rotatable bonds is 16. The van der Waals surface area contributed by atoms with E-state index in [1.165, 1.54) is 13.2 Å². The lowest BCUT2D eigenvalue weighted by molar-refractivity contribution is -0.139. The van der Waals surface area contributed by atoms with E-state index in [0.29, 0.717) is 60.7 Å². The molecular formula is C25H29NO9. The highest BCUT2D eigenvalue weighted by Crippen LogP contribution is 2.38. The van der Waals surface area contributed by atoms with Crippen LogP contribution < -0.4 is 9.47 Å². The quantitative estimate of drug-likeness (QED) is 0.151. The summed E-state index contributed by atoms with van der Waals surface area (Å²) in [6.45, 7) is 1.28. The highest BCUT2D eigenvalue weighted by atomic mass is 16.7. The first-order valence-electron chi connectivity index (χ1n) is 10.7. The van der Waals surface area contributed by atoms with Gasteiger partial charge in [-0.25, -0.2) is 0 Å². The van der Waals surface area contributed by atoms with Gasteiger partial charge in [0, 0.05) is 25.3 Å². The Kier molecular flexibility index (Phi) is 12.2. The molecule has 0 fully saturated rings. The molecule has 0 bridgehead atoms. The largest absolute Gasteiger partial charge is 0.469 e. The van der Waals surface area contributed by atoms with Gasteiger partial charge in [0.1, 0.15) is 11.5 Å². The summed E-state index contributed by atoms with van der Waals surface area (Å²) in [7, 11) is 4.40. The van der Waals surface area contributed by atoms with Crippen molar-refractivity contribution < 1.29 is 42.7 Å². The van der Waals surface area contributed by atoms with E-state index in [9.17, 15) is 14.9 Å². The number of esters is 1. The van der Waals surface area contributed by atoms with Gasteiger partial charge in [-0.15, -0.1) is 0 Å². The second kappa shape index (κ2) is 15.4. The lowest BCUT2D eigenvalue weighted by atomic mass is 9.94. The summed E-state index contributed by atoms with van der Waals surface area (Å²) in [6, 6.07) is 10.2. The molecule has 10 heteroatoms. The monoisotopic (exact) mass is 487 g/mol. The lowest BCUT2D eigenvalue weighted by Crippen LogP contribution is -2.11. The van der Waals surface area contributed by atoms with Crippen molar-refractivity contribution in [2.75, 3.05) is 61.3 Å². The lowest BCUT2D eigenvalue weighted by Gasteiger charge is -2.17. The Labute approximate surface area is 204 Å². The number of benzene rings is 2. The van der Waals surface area contributed by atoms with Gasteiger partial charge in [-0.05, 0) is 35.9 Å². The molecule has 0 saturated heterocycles. The van der Waals surface area contributed by atoms with E-state index in [2.05, 4.69) is 6.07 Å². The molecule has 0 aliphatic rings. The number of aldehydes is 1. The maximum Gasteiger partial charge on any atom is 0.309 e. The molecule has 0 aromatic heterocycles. The van der Waals surface area contributed by atoms with Crippen LogP contribution in [0.15, 0.2) is 30.3 Å². The molecule has 0 aliphatic carbocycles. The zero-order valence-electron chi connectivity index (χ0n) is 20.0. The zero-order valence-corrected chi connectivity index (χ0v) is 20.0. The molecule has 0 spiro atoms. The highest BCUT2D eigenvalue weighted by Gasteiger charge is 2.19. The minimum absolute atomic E-state index is 0.0205. The number of methoxy groups -OCH3 is 3. The van der Waals surface area contributed by atoms with Crippen molar-refractivity contribution in [3.05, 3.63) is 47.0 Å². The molecule has 10 nitrogen and oxygen atoms in total. The van der Waals surface area contributed by atoms with E-state index in [1.807, 2.05) is 0 Å². The van der Waals surface area contributed by atoms with Crippen LogP contribution in [0.5, 0.6) is 11.5 Å². The molecule has 0 amide bonds. The van der Waals surface area contributed by atoms with Crippen LogP contribution in [0.4, 0.5) is 0 Å². The van der Waals surface area contributed by atoms with Crippen molar-refractivity contribution in [2.45, 2.75) is 6.42 Å². The summed E-state index contributed by atoms with van der Waals surface area (Å²) in [4.78, 5) is 23.8. The molecule has 0 unspecified atom stereocenters. The SMILES string of the molecule is COCCOCOc1ccc(C#N)c(-c2cc(CC(=O)OC)cc(C=O)c2OCOCCOC)c1. The third-order valence-corrected chi connectivity index (χ3v) is 4.74. The summed E-state index contributed by atoms with van der Waals surface area (Å²) in [6.07, 6.45) is 0.547. The van der Waals surface area contributed by atoms with Crippen molar-refractivity contribution in [1.29, 1.82) is 5.26 Å². The predicted molar refractivity (Wildman–Crippen MR) is 124 cm³/mol.